The molecule has 25 heavy (non-hydrogen) atoms. The molecular formula is C19H15N3O2S. The Balaban J connectivity index is 1.41. The monoisotopic (exact) mass is 349 g/mol. The zero-order valence-electron chi connectivity index (χ0n) is 13.3. The molecule has 6 heteroatoms. The second kappa shape index (κ2) is 6.86. The van der Waals surface area contributed by atoms with Crippen molar-refractivity contribution in [2.24, 2.45) is 0 Å². The van der Waals surface area contributed by atoms with Gasteiger partial charge in [0.25, 0.3) is 0 Å². The Bertz CT molecular complexity index is 935. The van der Waals surface area contributed by atoms with E-state index in [1.165, 1.54) is 23.2 Å². The molecule has 1 aliphatic heterocycles. The molecule has 1 aliphatic rings. The molecule has 5 nitrogen and oxygen atoms in total. The van der Waals surface area contributed by atoms with Gasteiger partial charge in [-0.15, -0.1) is 0 Å². The minimum absolute atomic E-state index is 0.229. The fourth-order valence-electron chi connectivity index (χ4n) is 2.61. The van der Waals surface area contributed by atoms with E-state index in [2.05, 4.69) is 14.7 Å². The summed E-state index contributed by atoms with van der Waals surface area (Å²) in [6.07, 6.45) is 4.20. The number of hydrogen-bond acceptors (Lipinski definition) is 5. The molecule has 0 bridgehead atoms. The van der Waals surface area contributed by atoms with Crippen molar-refractivity contribution < 1.29 is 9.53 Å². The number of nitrogens with one attached hydrogen (secondary N) is 1. The number of rotatable bonds is 4. The zero-order chi connectivity index (χ0) is 17.1. The maximum Gasteiger partial charge on any atom is 0.250 e. The van der Waals surface area contributed by atoms with E-state index < -0.39 is 0 Å². The Morgan fingerprint density at radius 2 is 2.08 bits per heavy atom. The third-order valence-electron chi connectivity index (χ3n) is 3.83. The molecule has 1 aromatic heterocycles. The van der Waals surface area contributed by atoms with E-state index in [1.54, 1.807) is 6.08 Å². The topological polar surface area (TPSA) is 64.1 Å². The number of nitrogens with zero attached hydrogens (tertiary/aromatic N) is 2. The smallest absolute Gasteiger partial charge is 0.250 e. The van der Waals surface area contributed by atoms with Crippen LogP contribution in [0.1, 0.15) is 11.1 Å². The van der Waals surface area contributed by atoms with Crippen LogP contribution in [0.25, 0.3) is 17.5 Å². The van der Waals surface area contributed by atoms with Crippen LogP contribution in [-0.4, -0.2) is 21.9 Å². The summed E-state index contributed by atoms with van der Waals surface area (Å²) in [7, 11) is 0. The molecule has 0 radical (unpaired) electrons. The number of amides is 1. The predicted molar refractivity (Wildman–Crippen MR) is 98.6 cm³/mol. The summed E-state index contributed by atoms with van der Waals surface area (Å²) in [4.78, 5) is 16.4. The van der Waals surface area contributed by atoms with Gasteiger partial charge in [-0.2, -0.15) is 9.36 Å². The highest BCUT2D eigenvalue weighted by atomic mass is 32.1. The van der Waals surface area contributed by atoms with Crippen molar-refractivity contribution in [2.75, 3.05) is 11.9 Å². The molecule has 0 aliphatic carbocycles. The largest absolute Gasteiger partial charge is 0.493 e. The molecule has 0 unspecified atom stereocenters. The van der Waals surface area contributed by atoms with Gasteiger partial charge >= 0.3 is 0 Å². The Labute approximate surface area is 149 Å². The number of benzene rings is 2. The highest BCUT2D eigenvalue weighted by Crippen LogP contribution is 2.26. The van der Waals surface area contributed by atoms with E-state index in [0.717, 1.165) is 29.9 Å². The molecular weight excluding hydrogens is 334 g/mol. The van der Waals surface area contributed by atoms with Gasteiger partial charge in [0.15, 0.2) is 5.82 Å². The summed E-state index contributed by atoms with van der Waals surface area (Å²) in [6.45, 7) is 0.726. The number of hydrogen-bond donors (Lipinski definition) is 1. The fraction of sp³-hybridized carbons (Fsp3) is 0.105. The Morgan fingerprint density at radius 1 is 1.20 bits per heavy atom. The summed E-state index contributed by atoms with van der Waals surface area (Å²) in [5.41, 5.74) is 3.08. The second-order valence-corrected chi connectivity index (χ2v) is 6.33. The molecule has 2 aromatic carbocycles. The van der Waals surface area contributed by atoms with Gasteiger partial charge in [0, 0.05) is 29.6 Å². The second-order valence-electron chi connectivity index (χ2n) is 5.58. The minimum Gasteiger partial charge on any atom is -0.493 e. The Hall–Kier alpha value is -2.99. The van der Waals surface area contributed by atoms with Crippen molar-refractivity contribution in [3.63, 3.8) is 0 Å². The SMILES string of the molecule is O=C(C=Cc1ccc2c(c1)CCO2)Nc1nc(-c2ccccc2)ns1. The summed E-state index contributed by atoms with van der Waals surface area (Å²) in [5.74, 6) is 1.32. The molecule has 0 saturated carbocycles. The molecule has 3 aromatic rings. The van der Waals surface area contributed by atoms with Crippen molar-refractivity contribution in [3.8, 4) is 17.1 Å². The van der Waals surface area contributed by atoms with Crippen LogP contribution < -0.4 is 10.1 Å². The fourth-order valence-corrected chi connectivity index (χ4v) is 3.20. The summed E-state index contributed by atoms with van der Waals surface area (Å²) in [5, 5.41) is 3.23. The van der Waals surface area contributed by atoms with Gasteiger partial charge in [0.1, 0.15) is 5.75 Å². The lowest BCUT2D eigenvalue weighted by Gasteiger charge is -2.00. The maximum atomic E-state index is 12.1. The van der Waals surface area contributed by atoms with E-state index >= 15 is 0 Å². The average molecular weight is 349 g/mol. The first-order valence-electron chi connectivity index (χ1n) is 7.92. The zero-order valence-corrected chi connectivity index (χ0v) is 14.1. The van der Waals surface area contributed by atoms with Gasteiger partial charge in [0.2, 0.25) is 11.0 Å². The Kier molecular flexibility index (Phi) is 4.26. The Morgan fingerprint density at radius 3 is 2.96 bits per heavy atom. The number of aromatic nitrogens is 2. The molecule has 0 saturated heterocycles. The van der Waals surface area contributed by atoms with Gasteiger partial charge in [-0.25, -0.2) is 0 Å². The molecule has 1 N–H and O–H groups in total. The molecule has 0 atom stereocenters. The van der Waals surface area contributed by atoms with Crippen LogP contribution in [0.4, 0.5) is 5.13 Å². The maximum absolute atomic E-state index is 12.1. The number of ether oxygens (including phenoxy) is 1. The number of anilines is 1. The normalized spacial score (nSPS) is 12.8. The number of carbonyl (C=O) groups is 1. The van der Waals surface area contributed by atoms with Crippen molar-refractivity contribution in [1.29, 1.82) is 0 Å². The quantitative estimate of drug-likeness (QED) is 0.728. The molecule has 4 rings (SSSR count). The van der Waals surface area contributed by atoms with Crippen molar-refractivity contribution >= 4 is 28.6 Å². The number of carbonyl (C=O) groups excluding carboxylic acids is 1. The van der Waals surface area contributed by atoms with Gasteiger partial charge < -0.3 is 4.74 Å². The van der Waals surface area contributed by atoms with E-state index in [9.17, 15) is 4.79 Å². The summed E-state index contributed by atoms with van der Waals surface area (Å²) in [6, 6.07) is 15.6. The number of fused-ring (bicyclic) bond motifs is 1. The van der Waals surface area contributed by atoms with Gasteiger partial charge in [-0.1, -0.05) is 36.4 Å². The predicted octanol–water partition coefficient (Wildman–Crippen LogP) is 3.79. The van der Waals surface area contributed by atoms with E-state index in [4.69, 9.17) is 4.74 Å². The first-order valence-corrected chi connectivity index (χ1v) is 8.69. The average Bonchev–Trinajstić information content (AvgIpc) is 3.29. The molecule has 1 amide bonds. The van der Waals surface area contributed by atoms with Crippen LogP contribution in [0.2, 0.25) is 0 Å². The molecule has 0 spiro atoms. The van der Waals surface area contributed by atoms with Crippen molar-refractivity contribution in [2.45, 2.75) is 6.42 Å². The van der Waals surface area contributed by atoms with Crippen molar-refractivity contribution in [3.05, 3.63) is 65.7 Å². The van der Waals surface area contributed by atoms with E-state index in [1.807, 2.05) is 48.5 Å². The van der Waals surface area contributed by atoms with Crippen LogP contribution in [0.5, 0.6) is 5.75 Å². The lowest BCUT2D eigenvalue weighted by Crippen LogP contribution is -2.07. The first kappa shape index (κ1) is 15.5. The summed E-state index contributed by atoms with van der Waals surface area (Å²) >= 11 is 1.17. The standard InChI is InChI=1S/C19H15N3O2S/c23-17(9-7-13-6-8-16-15(12-13)10-11-24-16)20-19-21-18(22-25-19)14-4-2-1-3-5-14/h1-9,12H,10-11H2,(H,20,21,22,23). The first-order chi connectivity index (χ1) is 12.3. The van der Waals surface area contributed by atoms with Gasteiger partial charge in [-0.3, -0.25) is 10.1 Å². The van der Waals surface area contributed by atoms with Crippen LogP contribution in [0.3, 0.4) is 0 Å². The molecule has 124 valence electrons. The molecule has 0 fully saturated rings. The highest BCUT2D eigenvalue weighted by molar-refractivity contribution is 7.10. The van der Waals surface area contributed by atoms with Crippen molar-refractivity contribution in [1.82, 2.24) is 9.36 Å². The van der Waals surface area contributed by atoms with Gasteiger partial charge in [0.05, 0.1) is 6.61 Å². The van der Waals surface area contributed by atoms with Crippen LogP contribution in [0, 0.1) is 0 Å². The van der Waals surface area contributed by atoms with Gasteiger partial charge in [-0.05, 0) is 29.3 Å². The summed E-state index contributed by atoms with van der Waals surface area (Å²) < 4.78 is 9.75. The third-order valence-corrected chi connectivity index (χ3v) is 4.46. The molecule has 2 heterocycles. The van der Waals surface area contributed by atoms with E-state index in [0.29, 0.717) is 11.0 Å². The third kappa shape index (κ3) is 3.59. The lowest BCUT2D eigenvalue weighted by atomic mass is 10.1. The minimum atomic E-state index is -0.229. The van der Waals surface area contributed by atoms with E-state index in [-0.39, 0.29) is 5.91 Å². The van der Waals surface area contributed by atoms with Crippen LogP contribution in [-0.2, 0) is 11.2 Å². The van der Waals surface area contributed by atoms with Crippen LogP contribution >= 0.6 is 11.5 Å². The lowest BCUT2D eigenvalue weighted by molar-refractivity contribution is -0.111. The van der Waals surface area contributed by atoms with Crippen LogP contribution in [0.15, 0.2) is 54.6 Å². The highest BCUT2D eigenvalue weighted by Gasteiger charge is 2.11.